The number of aryl methyl sites for hydroxylation is 1. The molecule has 104 valence electrons. The zero-order valence-electron chi connectivity index (χ0n) is 11.4. The van der Waals surface area contributed by atoms with Crippen molar-refractivity contribution in [2.45, 2.75) is 13.3 Å². The summed E-state index contributed by atoms with van der Waals surface area (Å²) in [5, 5.41) is 8.97. The van der Waals surface area contributed by atoms with E-state index < -0.39 is 0 Å². The Kier molecular flexibility index (Phi) is 4.87. The second-order valence-electron chi connectivity index (χ2n) is 4.88. The standard InChI is InChI=1S/C14H21N3O2/c1-12-4-2-5-15-13(12)14(19)17-7-3-6-16(8-9-17)10-11-18/h2,4-5,18H,3,6-11H2,1H3. The third kappa shape index (κ3) is 3.52. The van der Waals surface area contributed by atoms with Crippen molar-refractivity contribution in [3.8, 4) is 0 Å². The predicted molar refractivity (Wildman–Crippen MR) is 73.0 cm³/mol. The van der Waals surface area contributed by atoms with Crippen molar-refractivity contribution in [3.05, 3.63) is 29.6 Å². The molecule has 0 atom stereocenters. The lowest BCUT2D eigenvalue weighted by Gasteiger charge is -2.21. The normalized spacial score (nSPS) is 17.3. The van der Waals surface area contributed by atoms with Gasteiger partial charge in [-0.05, 0) is 31.5 Å². The summed E-state index contributed by atoms with van der Waals surface area (Å²) in [7, 11) is 0. The molecule has 2 rings (SSSR count). The van der Waals surface area contributed by atoms with Crippen molar-refractivity contribution in [2.75, 3.05) is 39.3 Å². The Labute approximate surface area is 113 Å². The van der Waals surface area contributed by atoms with E-state index in [4.69, 9.17) is 5.11 Å². The largest absolute Gasteiger partial charge is 0.395 e. The van der Waals surface area contributed by atoms with Crippen LogP contribution in [0.25, 0.3) is 0 Å². The van der Waals surface area contributed by atoms with Crippen LogP contribution >= 0.6 is 0 Å². The Bertz CT molecular complexity index is 436. The lowest BCUT2D eigenvalue weighted by Crippen LogP contribution is -2.36. The smallest absolute Gasteiger partial charge is 0.272 e. The van der Waals surface area contributed by atoms with Crippen molar-refractivity contribution >= 4 is 5.91 Å². The van der Waals surface area contributed by atoms with Gasteiger partial charge in [0.05, 0.1) is 6.61 Å². The van der Waals surface area contributed by atoms with Crippen molar-refractivity contribution in [1.29, 1.82) is 0 Å². The van der Waals surface area contributed by atoms with Gasteiger partial charge in [-0.15, -0.1) is 0 Å². The summed E-state index contributed by atoms with van der Waals surface area (Å²) in [6, 6.07) is 3.76. The molecule has 1 aliphatic rings. The number of amides is 1. The van der Waals surface area contributed by atoms with Gasteiger partial charge >= 0.3 is 0 Å². The Hall–Kier alpha value is -1.46. The molecule has 1 amide bonds. The van der Waals surface area contributed by atoms with Crippen LogP contribution < -0.4 is 0 Å². The Morgan fingerprint density at radius 3 is 2.95 bits per heavy atom. The van der Waals surface area contributed by atoms with Gasteiger partial charge in [0.1, 0.15) is 5.69 Å². The van der Waals surface area contributed by atoms with Gasteiger partial charge in [-0.1, -0.05) is 6.07 Å². The zero-order valence-corrected chi connectivity index (χ0v) is 11.4. The number of rotatable bonds is 3. The minimum absolute atomic E-state index is 0.0175. The molecular formula is C14H21N3O2. The Morgan fingerprint density at radius 2 is 2.21 bits per heavy atom. The lowest BCUT2D eigenvalue weighted by atomic mass is 10.2. The number of hydrogen-bond acceptors (Lipinski definition) is 4. The van der Waals surface area contributed by atoms with Crippen molar-refractivity contribution in [2.24, 2.45) is 0 Å². The van der Waals surface area contributed by atoms with Gasteiger partial charge in [0.25, 0.3) is 5.91 Å². The topological polar surface area (TPSA) is 56.7 Å². The molecule has 5 heteroatoms. The fourth-order valence-corrected chi connectivity index (χ4v) is 2.40. The lowest BCUT2D eigenvalue weighted by molar-refractivity contribution is 0.0754. The van der Waals surface area contributed by atoms with Crippen molar-refractivity contribution in [3.63, 3.8) is 0 Å². The summed E-state index contributed by atoms with van der Waals surface area (Å²) in [6.07, 6.45) is 2.60. The molecule has 0 radical (unpaired) electrons. The third-order valence-electron chi connectivity index (χ3n) is 3.50. The van der Waals surface area contributed by atoms with Crippen molar-refractivity contribution < 1.29 is 9.90 Å². The molecule has 0 aromatic carbocycles. The fourth-order valence-electron chi connectivity index (χ4n) is 2.40. The molecule has 0 aliphatic carbocycles. The molecule has 0 unspecified atom stereocenters. The maximum Gasteiger partial charge on any atom is 0.272 e. The molecule has 0 saturated carbocycles. The first-order valence-electron chi connectivity index (χ1n) is 6.76. The summed E-state index contributed by atoms with van der Waals surface area (Å²) in [6.45, 7) is 5.99. The summed E-state index contributed by atoms with van der Waals surface area (Å²) in [5.74, 6) is 0.0175. The maximum absolute atomic E-state index is 12.4. The number of β-amino-alcohol motifs (C(OH)–C–C–N with tert-alkyl or cyclic N) is 1. The van der Waals surface area contributed by atoms with Crippen LogP contribution in [-0.4, -0.2) is 65.1 Å². The highest BCUT2D eigenvalue weighted by Gasteiger charge is 2.21. The average molecular weight is 263 g/mol. The quantitative estimate of drug-likeness (QED) is 0.864. The van der Waals surface area contributed by atoms with Crippen LogP contribution in [0.3, 0.4) is 0 Å². The number of aromatic nitrogens is 1. The van der Waals surface area contributed by atoms with E-state index in [0.717, 1.165) is 31.6 Å². The molecule has 1 aliphatic heterocycles. The number of aliphatic hydroxyl groups excluding tert-OH is 1. The number of nitrogens with zero attached hydrogens (tertiary/aromatic N) is 3. The third-order valence-corrected chi connectivity index (χ3v) is 3.50. The second-order valence-corrected chi connectivity index (χ2v) is 4.88. The fraction of sp³-hybridized carbons (Fsp3) is 0.571. The highest BCUT2D eigenvalue weighted by Crippen LogP contribution is 2.10. The average Bonchev–Trinajstić information content (AvgIpc) is 2.65. The number of pyridine rings is 1. The highest BCUT2D eigenvalue weighted by molar-refractivity contribution is 5.93. The summed E-state index contributed by atoms with van der Waals surface area (Å²) >= 11 is 0. The number of carbonyl (C=O) groups is 1. The second kappa shape index (κ2) is 6.63. The zero-order chi connectivity index (χ0) is 13.7. The SMILES string of the molecule is Cc1cccnc1C(=O)N1CCCN(CCO)CC1. The summed E-state index contributed by atoms with van der Waals surface area (Å²) in [5.41, 5.74) is 1.47. The van der Waals surface area contributed by atoms with Gasteiger partial charge in [0.2, 0.25) is 0 Å². The molecule has 19 heavy (non-hydrogen) atoms. The van der Waals surface area contributed by atoms with Gasteiger partial charge in [0.15, 0.2) is 0 Å². The molecule has 1 aromatic heterocycles. The molecule has 1 aromatic rings. The van der Waals surface area contributed by atoms with Crippen LogP contribution in [0.15, 0.2) is 18.3 Å². The van der Waals surface area contributed by atoms with Gasteiger partial charge in [-0.3, -0.25) is 14.7 Å². The van der Waals surface area contributed by atoms with Crippen LogP contribution in [-0.2, 0) is 0 Å². The molecule has 1 fully saturated rings. The van der Waals surface area contributed by atoms with Crippen LogP contribution in [0.4, 0.5) is 0 Å². The first-order valence-corrected chi connectivity index (χ1v) is 6.76. The Balaban J connectivity index is 2.02. The first-order chi connectivity index (χ1) is 9.22. The number of carbonyl (C=O) groups excluding carboxylic acids is 1. The monoisotopic (exact) mass is 263 g/mol. The van der Waals surface area contributed by atoms with Gasteiger partial charge in [0, 0.05) is 32.4 Å². The van der Waals surface area contributed by atoms with Gasteiger partial charge in [-0.25, -0.2) is 0 Å². The molecule has 0 spiro atoms. The van der Waals surface area contributed by atoms with Gasteiger partial charge in [-0.2, -0.15) is 0 Å². The minimum Gasteiger partial charge on any atom is -0.395 e. The molecule has 1 saturated heterocycles. The first kappa shape index (κ1) is 14.0. The molecule has 1 N–H and O–H groups in total. The maximum atomic E-state index is 12.4. The van der Waals surface area contributed by atoms with Crippen LogP contribution in [0, 0.1) is 6.92 Å². The highest BCUT2D eigenvalue weighted by atomic mass is 16.3. The van der Waals surface area contributed by atoms with E-state index in [1.165, 1.54) is 0 Å². The van der Waals surface area contributed by atoms with E-state index in [-0.39, 0.29) is 12.5 Å². The summed E-state index contributed by atoms with van der Waals surface area (Å²) < 4.78 is 0. The van der Waals surface area contributed by atoms with E-state index in [9.17, 15) is 4.79 Å². The van der Waals surface area contributed by atoms with Crippen LogP contribution in [0.5, 0.6) is 0 Å². The van der Waals surface area contributed by atoms with E-state index in [1.807, 2.05) is 24.0 Å². The van der Waals surface area contributed by atoms with Gasteiger partial charge < -0.3 is 10.0 Å². The predicted octanol–water partition coefficient (Wildman–Crippen LogP) is 0.530. The van der Waals surface area contributed by atoms with Crippen LogP contribution in [0.1, 0.15) is 22.5 Å². The van der Waals surface area contributed by atoms with Crippen LogP contribution in [0.2, 0.25) is 0 Å². The molecule has 0 bridgehead atoms. The molecule has 2 heterocycles. The van der Waals surface area contributed by atoms with E-state index in [1.54, 1.807) is 6.20 Å². The Morgan fingerprint density at radius 1 is 1.37 bits per heavy atom. The number of aliphatic hydroxyl groups is 1. The van der Waals surface area contributed by atoms with E-state index >= 15 is 0 Å². The minimum atomic E-state index is 0.0175. The van der Waals surface area contributed by atoms with E-state index in [2.05, 4.69) is 9.88 Å². The van der Waals surface area contributed by atoms with Crippen molar-refractivity contribution in [1.82, 2.24) is 14.8 Å². The molecular weight excluding hydrogens is 242 g/mol. The van der Waals surface area contributed by atoms with E-state index in [0.29, 0.717) is 18.8 Å². The number of hydrogen-bond donors (Lipinski definition) is 1. The molecule has 5 nitrogen and oxygen atoms in total. The summed E-state index contributed by atoms with van der Waals surface area (Å²) in [4.78, 5) is 20.7.